The molecule has 0 saturated carbocycles. The maximum Gasteiger partial charge on any atom is 0.274 e. The second-order valence-corrected chi connectivity index (χ2v) is 5.82. The first-order valence-electron chi connectivity index (χ1n) is 7.59. The number of nitro benzene ring substituents is 1. The fourth-order valence-corrected chi connectivity index (χ4v) is 2.29. The number of hydrogen-bond donors (Lipinski definition) is 1. The van der Waals surface area contributed by atoms with Crippen LogP contribution in [0.3, 0.4) is 0 Å². The number of amides is 1. The van der Waals surface area contributed by atoms with Crippen LogP contribution in [0, 0.1) is 10.1 Å². The van der Waals surface area contributed by atoms with E-state index in [1.165, 1.54) is 21.7 Å². The summed E-state index contributed by atoms with van der Waals surface area (Å²) < 4.78 is 1.42. The minimum atomic E-state index is -0.643. The Morgan fingerprint density at radius 1 is 1.38 bits per heavy atom. The summed E-state index contributed by atoms with van der Waals surface area (Å²) >= 11 is 0. The lowest BCUT2D eigenvalue weighted by Gasteiger charge is -2.27. The molecule has 2 aromatic rings. The molecule has 0 bridgehead atoms. The van der Waals surface area contributed by atoms with Crippen LogP contribution in [-0.4, -0.2) is 49.3 Å². The van der Waals surface area contributed by atoms with E-state index < -0.39 is 11.0 Å². The number of non-ortho nitro benzene ring substituents is 1. The van der Waals surface area contributed by atoms with Crippen LogP contribution in [0.15, 0.2) is 36.5 Å². The highest BCUT2D eigenvalue weighted by molar-refractivity contribution is 5.92. The normalized spacial score (nSPS) is 12.2. The van der Waals surface area contributed by atoms with Gasteiger partial charge in [0, 0.05) is 30.9 Å². The van der Waals surface area contributed by atoms with Crippen LogP contribution < -0.4 is 0 Å². The third-order valence-electron chi connectivity index (χ3n) is 3.46. The molecule has 24 heavy (non-hydrogen) atoms. The summed E-state index contributed by atoms with van der Waals surface area (Å²) in [4.78, 5) is 24.5. The Morgan fingerprint density at radius 3 is 2.67 bits per heavy atom. The molecule has 8 nitrogen and oxygen atoms in total. The lowest BCUT2D eigenvalue weighted by molar-refractivity contribution is -0.384. The van der Waals surface area contributed by atoms with Crippen LogP contribution in [0.25, 0.3) is 5.69 Å². The number of aliphatic hydroxyl groups excluding tert-OH is 1. The topological polar surface area (TPSA) is 102 Å². The summed E-state index contributed by atoms with van der Waals surface area (Å²) in [5.41, 5.74) is 0.666. The van der Waals surface area contributed by atoms with E-state index in [9.17, 15) is 20.0 Å². The average molecular weight is 332 g/mol. The molecule has 0 radical (unpaired) electrons. The van der Waals surface area contributed by atoms with Gasteiger partial charge in [-0.1, -0.05) is 6.07 Å². The van der Waals surface area contributed by atoms with E-state index in [2.05, 4.69) is 5.10 Å². The molecule has 0 fully saturated rings. The van der Waals surface area contributed by atoms with Crippen molar-refractivity contribution in [2.24, 2.45) is 0 Å². The van der Waals surface area contributed by atoms with Crippen molar-refractivity contribution in [1.82, 2.24) is 14.7 Å². The van der Waals surface area contributed by atoms with Gasteiger partial charge in [-0.05, 0) is 32.9 Å². The molecule has 0 aliphatic rings. The van der Waals surface area contributed by atoms with Crippen molar-refractivity contribution >= 4 is 11.6 Å². The van der Waals surface area contributed by atoms with Crippen molar-refractivity contribution in [3.05, 3.63) is 52.3 Å². The van der Waals surface area contributed by atoms with Crippen LogP contribution >= 0.6 is 0 Å². The third kappa shape index (κ3) is 3.96. The number of rotatable bonds is 6. The number of carbonyl (C=O) groups is 1. The highest BCUT2D eigenvalue weighted by atomic mass is 16.6. The minimum Gasteiger partial charge on any atom is -0.392 e. The Kier molecular flexibility index (Phi) is 5.30. The zero-order chi connectivity index (χ0) is 17.9. The summed E-state index contributed by atoms with van der Waals surface area (Å²) in [6.07, 6.45) is 0.933. The Morgan fingerprint density at radius 2 is 2.08 bits per heavy atom. The molecule has 0 aliphatic carbocycles. The second kappa shape index (κ2) is 7.22. The predicted molar refractivity (Wildman–Crippen MR) is 88.1 cm³/mol. The van der Waals surface area contributed by atoms with Gasteiger partial charge in [-0.3, -0.25) is 14.9 Å². The standard InChI is InChI=1S/C16H20N4O4/c1-11(2)18(10-12(3)21)16(22)15-7-8-19(17-15)13-5-4-6-14(9-13)20(23)24/h4-9,11-12,21H,10H2,1-3H3. The molecule has 1 N–H and O–H groups in total. The fourth-order valence-electron chi connectivity index (χ4n) is 2.29. The molecule has 0 aliphatic heterocycles. The summed E-state index contributed by atoms with van der Waals surface area (Å²) in [5, 5.41) is 24.6. The zero-order valence-electron chi connectivity index (χ0n) is 13.8. The van der Waals surface area contributed by atoms with Gasteiger partial charge in [0.15, 0.2) is 5.69 Å². The smallest absolute Gasteiger partial charge is 0.274 e. The molecule has 1 aromatic carbocycles. The molecule has 0 saturated heterocycles. The molecular formula is C16H20N4O4. The second-order valence-electron chi connectivity index (χ2n) is 5.82. The molecule has 1 unspecified atom stereocenters. The maximum absolute atomic E-state index is 12.6. The number of benzene rings is 1. The van der Waals surface area contributed by atoms with E-state index in [-0.39, 0.29) is 29.9 Å². The SMILES string of the molecule is CC(O)CN(C(=O)c1ccn(-c2cccc([N+](=O)[O-])c2)n1)C(C)C. The van der Waals surface area contributed by atoms with E-state index in [0.717, 1.165) is 0 Å². The van der Waals surface area contributed by atoms with Crippen molar-refractivity contribution in [3.8, 4) is 5.69 Å². The zero-order valence-corrected chi connectivity index (χ0v) is 13.8. The largest absolute Gasteiger partial charge is 0.392 e. The van der Waals surface area contributed by atoms with Gasteiger partial charge < -0.3 is 10.0 Å². The number of aliphatic hydroxyl groups is 1. The first kappa shape index (κ1) is 17.6. The Hall–Kier alpha value is -2.74. The van der Waals surface area contributed by atoms with Gasteiger partial charge in [0.2, 0.25) is 0 Å². The van der Waals surface area contributed by atoms with Crippen molar-refractivity contribution in [1.29, 1.82) is 0 Å². The molecule has 1 aromatic heterocycles. The summed E-state index contributed by atoms with van der Waals surface area (Å²) in [6.45, 7) is 5.54. The molecule has 8 heteroatoms. The highest BCUT2D eigenvalue weighted by Crippen LogP contribution is 2.17. The predicted octanol–water partition coefficient (Wildman–Crippen LogP) is 2.01. The number of carbonyl (C=O) groups excluding carboxylic acids is 1. The van der Waals surface area contributed by atoms with Crippen molar-refractivity contribution in [3.63, 3.8) is 0 Å². The lowest BCUT2D eigenvalue weighted by atomic mass is 10.2. The van der Waals surface area contributed by atoms with E-state index in [4.69, 9.17) is 0 Å². The monoisotopic (exact) mass is 332 g/mol. The van der Waals surface area contributed by atoms with Gasteiger partial charge in [-0.15, -0.1) is 0 Å². The van der Waals surface area contributed by atoms with Crippen molar-refractivity contribution in [2.75, 3.05) is 6.54 Å². The fraction of sp³-hybridized carbons (Fsp3) is 0.375. The van der Waals surface area contributed by atoms with Gasteiger partial charge in [-0.25, -0.2) is 4.68 Å². The van der Waals surface area contributed by atoms with Gasteiger partial charge in [0.25, 0.3) is 11.6 Å². The van der Waals surface area contributed by atoms with Gasteiger partial charge in [0.05, 0.1) is 16.7 Å². The van der Waals surface area contributed by atoms with E-state index in [1.807, 2.05) is 13.8 Å². The van der Waals surface area contributed by atoms with E-state index in [1.54, 1.807) is 31.3 Å². The molecule has 2 rings (SSSR count). The van der Waals surface area contributed by atoms with E-state index >= 15 is 0 Å². The summed E-state index contributed by atoms with van der Waals surface area (Å²) in [7, 11) is 0. The Bertz CT molecular complexity index is 739. The quantitative estimate of drug-likeness (QED) is 0.644. The molecule has 1 amide bonds. The number of nitro groups is 1. The third-order valence-corrected chi connectivity index (χ3v) is 3.46. The molecular weight excluding hydrogens is 312 g/mol. The number of hydrogen-bond acceptors (Lipinski definition) is 5. The maximum atomic E-state index is 12.6. The average Bonchev–Trinajstić information content (AvgIpc) is 3.01. The molecule has 1 heterocycles. The van der Waals surface area contributed by atoms with Crippen LogP contribution in [0.5, 0.6) is 0 Å². The van der Waals surface area contributed by atoms with Crippen LogP contribution in [0.1, 0.15) is 31.3 Å². The number of nitrogens with zero attached hydrogens (tertiary/aromatic N) is 4. The van der Waals surface area contributed by atoms with Crippen molar-refractivity contribution < 1.29 is 14.8 Å². The summed E-state index contributed by atoms with van der Waals surface area (Å²) in [5.74, 6) is -0.296. The van der Waals surface area contributed by atoms with E-state index in [0.29, 0.717) is 5.69 Å². The van der Waals surface area contributed by atoms with Gasteiger partial charge >= 0.3 is 0 Å². The molecule has 0 spiro atoms. The minimum absolute atomic E-state index is 0.0474. The van der Waals surface area contributed by atoms with Crippen LogP contribution in [0.2, 0.25) is 0 Å². The Labute approximate surface area is 139 Å². The highest BCUT2D eigenvalue weighted by Gasteiger charge is 2.22. The summed E-state index contributed by atoms with van der Waals surface area (Å²) in [6, 6.07) is 7.47. The van der Waals surface area contributed by atoms with Gasteiger partial charge in [-0.2, -0.15) is 5.10 Å². The lowest BCUT2D eigenvalue weighted by Crippen LogP contribution is -2.41. The number of aromatic nitrogens is 2. The van der Waals surface area contributed by atoms with Crippen LogP contribution in [0.4, 0.5) is 5.69 Å². The molecule has 128 valence electrons. The molecule has 1 atom stereocenters. The van der Waals surface area contributed by atoms with Crippen molar-refractivity contribution in [2.45, 2.75) is 32.9 Å². The van der Waals surface area contributed by atoms with Gasteiger partial charge in [0.1, 0.15) is 0 Å². The first-order chi connectivity index (χ1) is 11.3. The Balaban J connectivity index is 2.28. The van der Waals surface area contributed by atoms with Crippen LogP contribution in [-0.2, 0) is 0 Å². The first-order valence-corrected chi connectivity index (χ1v) is 7.59.